The van der Waals surface area contributed by atoms with Crippen molar-refractivity contribution in [2.24, 2.45) is 0 Å². The minimum absolute atomic E-state index is 0.0456. The zero-order valence-corrected chi connectivity index (χ0v) is 15.3. The van der Waals surface area contributed by atoms with Crippen molar-refractivity contribution in [3.63, 3.8) is 0 Å². The lowest BCUT2D eigenvalue weighted by Gasteiger charge is -2.12. The average molecular weight is 381 g/mol. The molecule has 0 N–H and O–H groups in total. The van der Waals surface area contributed by atoms with Crippen molar-refractivity contribution in [1.29, 1.82) is 0 Å². The largest absolute Gasteiger partial charge is 0.447 e. The Morgan fingerprint density at radius 2 is 1.96 bits per heavy atom. The van der Waals surface area contributed by atoms with Gasteiger partial charge in [0.15, 0.2) is 4.34 Å². The van der Waals surface area contributed by atoms with Crippen LogP contribution in [0.15, 0.2) is 50.2 Å². The van der Waals surface area contributed by atoms with Gasteiger partial charge in [0.2, 0.25) is 5.09 Å². The van der Waals surface area contributed by atoms with Crippen LogP contribution in [0.25, 0.3) is 10.2 Å². The summed E-state index contributed by atoms with van der Waals surface area (Å²) in [5.74, 6) is 1.21. The van der Waals surface area contributed by atoms with Gasteiger partial charge in [0.1, 0.15) is 5.76 Å². The smallest absolute Gasteiger partial charge is 0.276 e. The van der Waals surface area contributed by atoms with Gasteiger partial charge in [0.05, 0.1) is 16.0 Å². The maximum absolute atomic E-state index is 12.5. The van der Waals surface area contributed by atoms with Crippen LogP contribution in [0.3, 0.4) is 0 Å². The zero-order chi connectivity index (χ0) is 16.6. The van der Waals surface area contributed by atoms with Crippen LogP contribution in [0, 0.1) is 0 Å². The Morgan fingerprint density at radius 3 is 2.75 bits per heavy atom. The number of sulfonamides is 1. The first-order valence-corrected chi connectivity index (χ1v) is 10.9. The van der Waals surface area contributed by atoms with Gasteiger partial charge in [-0.3, -0.25) is 0 Å². The molecule has 24 heavy (non-hydrogen) atoms. The molecule has 8 heteroatoms. The molecule has 1 fully saturated rings. The summed E-state index contributed by atoms with van der Waals surface area (Å²) in [5, 5.41) is 0.0456. The SMILES string of the molecule is O=S(=O)(c1ccc(CSc2nc3ccccc3s2)o1)N1CCCC1. The number of para-hydroxylation sites is 1. The first kappa shape index (κ1) is 16.1. The van der Waals surface area contributed by atoms with Gasteiger partial charge in [0, 0.05) is 13.1 Å². The van der Waals surface area contributed by atoms with Gasteiger partial charge in [-0.25, -0.2) is 13.4 Å². The Hall–Kier alpha value is -1.35. The molecule has 3 aromatic rings. The second kappa shape index (κ2) is 6.51. The van der Waals surface area contributed by atoms with Gasteiger partial charge in [-0.05, 0) is 37.1 Å². The lowest BCUT2D eigenvalue weighted by molar-refractivity contribution is 0.397. The fourth-order valence-corrected chi connectivity index (χ4v) is 6.08. The number of benzene rings is 1. The Balaban J connectivity index is 1.47. The monoisotopic (exact) mass is 380 g/mol. The summed E-state index contributed by atoms with van der Waals surface area (Å²) in [4.78, 5) is 4.56. The Morgan fingerprint density at radius 1 is 1.17 bits per heavy atom. The quantitative estimate of drug-likeness (QED) is 0.627. The third-order valence-electron chi connectivity index (χ3n) is 3.91. The standard InChI is InChI=1S/C16H16N2O3S3/c19-24(20,18-9-3-4-10-18)15-8-7-12(21-15)11-22-16-17-13-5-1-2-6-14(13)23-16/h1-2,5-8H,3-4,9-11H2. The Kier molecular flexibility index (Phi) is 4.38. The lowest BCUT2D eigenvalue weighted by atomic mass is 10.3. The van der Waals surface area contributed by atoms with E-state index in [1.807, 2.05) is 24.3 Å². The highest BCUT2D eigenvalue weighted by atomic mass is 32.2. The number of furan rings is 1. The molecular weight excluding hydrogens is 364 g/mol. The lowest BCUT2D eigenvalue weighted by Crippen LogP contribution is -2.27. The molecule has 0 aliphatic carbocycles. The normalized spacial score (nSPS) is 16.2. The molecule has 1 aliphatic rings. The first-order valence-electron chi connectivity index (χ1n) is 7.70. The molecule has 0 radical (unpaired) electrons. The van der Waals surface area contributed by atoms with E-state index in [1.165, 1.54) is 4.31 Å². The fraction of sp³-hybridized carbons (Fsp3) is 0.312. The summed E-state index contributed by atoms with van der Waals surface area (Å²) < 4.78 is 34.1. The van der Waals surface area contributed by atoms with E-state index in [-0.39, 0.29) is 5.09 Å². The van der Waals surface area contributed by atoms with Crippen LogP contribution in [-0.4, -0.2) is 30.8 Å². The van der Waals surface area contributed by atoms with Gasteiger partial charge in [-0.1, -0.05) is 23.9 Å². The van der Waals surface area contributed by atoms with Crippen molar-refractivity contribution in [2.75, 3.05) is 13.1 Å². The minimum atomic E-state index is -3.48. The number of hydrogen-bond donors (Lipinski definition) is 0. The van der Waals surface area contributed by atoms with Gasteiger partial charge in [0.25, 0.3) is 10.0 Å². The Bertz CT molecular complexity index is 923. The number of rotatable bonds is 5. The molecule has 5 nitrogen and oxygen atoms in total. The Labute approximate surface area is 148 Å². The van der Waals surface area contributed by atoms with Gasteiger partial charge in [-0.2, -0.15) is 4.31 Å². The summed E-state index contributed by atoms with van der Waals surface area (Å²) in [5.41, 5.74) is 0.988. The molecule has 126 valence electrons. The number of hydrogen-bond acceptors (Lipinski definition) is 6. The van der Waals surface area contributed by atoms with E-state index < -0.39 is 10.0 Å². The second-order valence-electron chi connectivity index (χ2n) is 5.57. The summed E-state index contributed by atoms with van der Waals surface area (Å²) in [6.45, 7) is 1.16. The first-order chi connectivity index (χ1) is 11.6. The predicted molar refractivity (Wildman–Crippen MR) is 95.9 cm³/mol. The van der Waals surface area contributed by atoms with E-state index in [0.717, 1.165) is 27.4 Å². The van der Waals surface area contributed by atoms with Crippen LogP contribution in [0.4, 0.5) is 0 Å². The highest BCUT2D eigenvalue weighted by Crippen LogP contribution is 2.32. The number of fused-ring (bicyclic) bond motifs is 1. The van der Waals surface area contributed by atoms with Crippen LogP contribution in [0.2, 0.25) is 0 Å². The van der Waals surface area contributed by atoms with Crippen LogP contribution < -0.4 is 0 Å². The maximum Gasteiger partial charge on any atom is 0.276 e. The molecular formula is C16H16N2O3S3. The number of aromatic nitrogens is 1. The molecule has 2 aromatic heterocycles. The fourth-order valence-electron chi connectivity index (χ4n) is 2.68. The van der Waals surface area contributed by atoms with Crippen molar-refractivity contribution >= 4 is 43.3 Å². The van der Waals surface area contributed by atoms with Crippen molar-refractivity contribution in [3.05, 3.63) is 42.2 Å². The topological polar surface area (TPSA) is 63.4 Å². The zero-order valence-electron chi connectivity index (χ0n) is 12.8. The molecule has 1 aromatic carbocycles. The van der Waals surface area contributed by atoms with Crippen molar-refractivity contribution in [3.8, 4) is 0 Å². The molecule has 1 saturated heterocycles. The number of nitrogens with zero attached hydrogens (tertiary/aromatic N) is 2. The predicted octanol–water partition coefficient (Wildman–Crippen LogP) is 3.97. The highest BCUT2D eigenvalue weighted by Gasteiger charge is 2.29. The van der Waals surface area contributed by atoms with Gasteiger partial charge < -0.3 is 4.42 Å². The number of thiazole rings is 1. The van der Waals surface area contributed by atoms with Gasteiger partial charge in [-0.15, -0.1) is 11.3 Å². The maximum atomic E-state index is 12.5. The summed E-state index contributed by atoms with van der Waals surface area (Å²) in [6, 6.07) is 11.3. The van der Waals surface area contributed by atoms with Gasteiger partial charge >= 0.3 is 0 Å². The molecule has 0 unspecified atom stereocenters. The van der Waals surface area contributed by atoms with E-state index in [9.17, 15) is 8.42 Å². The average Bonchev–Trinajstić information content (AvgIpc) is 3.31. The van der Waals surface area contributed by atoms with E-state index in [0.29, 0.717) is 24.6 Å². The highest BCUT2D eigenvalue weighted by molar-refractivity contribution is 8.00. The molecule has 4 rings (SSSR count). The van der Waals surface area contributed by atoms with Crippen LogP contribution >= 0.6 is 23.1 Å². The van der Waals surface area contributed by atoms with Crippen LogP contribution in [-0.2, 0) is 15.8 Å². The number of thioether (sulfide) groups is 1. The molecule has 0 atom stereocenters. The van der Waals surface area contributed by atoms with Crippen molar-refractivity contribution in [2.45, 2.75) is 28.0 Å². The summed E-state index contributed by atoms with van der Waals surface area (Å²) in [7, 11) is -3.48. The van der Waals surface area contributed by atoms with E-state index >= 15 is 0 Å². The third-order valence-corrected chi connectivity index (χ3v) is 7.88. The van der Waals surface area contributed by atoms with E-state index in [1.54, 1.807) is 35.2 Å². The molecule has 0 bridgehead atoms. The minimum Gasteiger partial charge on any atom is -0.447 e. The molecule has 0 spiro atoms. The van der Waals surface area contributed by atoms with E-state index in [4.69, 9.17) is 4.42 Å². The second-order valence-corrected chi connectivity index (χ2v) is 9.69. The summed E-state index contributed by atoms with van der Waals surface area (Å²) >= 11 is 3.19. The van der Waals surface area contributed by atoms with E-state index in [2.05, 4.69) is 4.98 Å². The van der Waals surface area contributed by atoms with Crippen molar-refractivity contribution < 1.29 is 12.8 Å². The third kappa shape index (κ3) is 3.11. The van der Waals surface area contributed by atoms with Crippen molar-refractivity contribution in [1.82, 2.24) is 9.29 Å². The molecule has 1 aliphatic heterocycles. The van der Waals surface area contributed by atoms with Crippen LogP contribution in [0.5, 0.6) is 0 Å². The van der Waals surface area contributed by atoms with Crippen LogP contribution in [0.1, 0.15) is 18.6 Å². The molecule has 0 amide bonds. The molecule has 0 saturated carbocycles. The molecule has 3 heterocycles. The summed E-state index contributed by atoms with van der Waals surface area (Å²) in [6.07, 6.45) is 1.83.